The van der Waals surface area contributed by atoms with Crippen molar-refractivity contribution in [1.82, 2.24) is 16.0 Å². The van der Waals surface area contributed by atoms with Gasteiger partial charge < -0.3 is 21.7 Å². The molecule has 6 heteroatoms. The molecule has 1 aliphatic carbocycles. The van der Waals surface area contributed by atoms with E-state index < -0.39 is 6.03 Å². The zero-order valence-electron chi connectivity index (χ0n) is 8.71. The predicted molar refractivity (Wildman–Crippen MR) is 56.2 cm³/mol. The quantitative estimate of drug-likeness (QED) is 0.400. The summed E-state index contributed by atoms with van der Waals surface area (Å²) in [7, 11) is 0. The largest absolute Gasteiger partial charge is 0.355 e. The second-order valence-electron chi connectivity index (χ2n) is 3.72. The molecule has 0 heterocycles. The Labute approximate surface area is 89.0 Å². The average Bonchev–Trinajstić information content (AvgIpc) is 2.97. The van der Waals surface area contributed by atoms with Crippen LogP contribution in [0.2, 0.25) is 0 Å². The Morgan fingerprint density at radius 3 is 2.53 bits per heavy atom. The first-order chi connectivity index (χ1) is 7.18. The highest BCUT2D eigenvalue weighted by Crippen LogP contribution is 2.27. The van der Waals surface area contributed by atoms with Gasteiger partial charge in [0, 0.05) is 19.6 Å². The first kappa shape index (κ1) is 11.8. The molecule has 0 unspecified atom stereocenters. The Balaban J connectivity index is 1.85. The summed E-state index contributed by atoms with van der Waals surface area (Å²) in [6.07, 6.45) is 2.46. The molecule has 0 aromatic rings. The number of carbonyl (C=O) groups excluding carboxylic acids is 2. The number of urea groups is 1. The second-order valence-corrected chi connectivity index (χ2v) is 3.72. The third-order valence-electron chi connectivity index (χ3n) is 2.17. The molecule has 0 aliphatic heterocycles. The summed E-state index contributed by atoms with van der Waals surface area (Å²) in [6, 6.07) is -0.546. The Morgan fingerprint density at radius 1 is 1.20 bits per heavy atom. The minimum absolute atomic E-state index is 0.000903. The first-order valence-corrected chi connectivity index (χ1v) is 5.19. The van der Waals surface area contributed by atoms with E-state index in [1.807, 2.05) is 0 Å². The molecule has 15 heavy (non-hydrogen) atoms. The Hall–Kier alpha value is -1.30. The molecule has 86 valence electrons. The summed E-state index contributed by atoms with van der Waals surface area (Å²) in [5, 5.41) is 8.16. The van der Waals surface area contributed by atoms with Crippen LogP contribution in [0.3, 0.4) is 0 Å². The van der Waals surface area contributed by atoms with Crippen molar-refractivity contribution in [2.45, 2.75) is 12.8 Å². The number of primary amides is 1. The van der Waals surface area contributed by atoms with Gasteiger partial charge in [-0.25, -0.2) is 4.79 Å². The van der Waals surface area contributed by atoms with Crippen LogP contribution in [0.25, 0.3) is 0 Å². The van der Waals surface area contributed by atoms with Crippen molar-refractivity contribution >= 4 is 11.9 Å². The molecule has 1 saturated carbocycles. The molecule has 0 aromatic heterocycles. The van der Waals surface area contributed by atoms with E-state index in [9.17, 15) is 9.59 Å². The van der Waals surface area contributed by atoms with Crippen LogP contribution in [0.5, 0.6) is 0 Å². The third-order valence-corrected chi connectivity index (χ3v) is 2.17. The van der Waals surface area contributed by atoms with Crippen molar-refractivity contribution in [3.63, 3.8) is 0 Å². The molecular weight excluding hydrogens is 196 g/mol. The van der Waals surface area contributed by atoms with E-state index in [4.69, 9.17) is 5.73 Å². The van der Waals surface area contributed by atoms with Crippen LogP contribution < -0.4 is 21.7 Å². The van der Waals surface area contributed by atoms with Crippen LogP contribution in [-0.4, -0.2) is 38.1 Å². The van der Waals surface area contributed by atoms with Gasteiger partial charge >= 0.3 is 6.03 Å². The van der Waals surface area contributed by atoms with Crippen molar-refractivity contribution in [3.05, 3.63) is 0 Å². The number of amides is 3. The van der Waals surface area contributed by atoms with E-state index in [1.165, 1.54) is 12.8 Å². The fourth-order valence-corrected chi connectivity index (χ4v) is 1.12. The van der Waals surface area contributed by atoms with Crippen molar-refractivity contribution < 1.29 is 9.59 Å². The molecule has 1 aliphatic rings. The smallest absolute Gasteiger partial charge is 0.312 e. The van der Waals surface area contributed by atoms with Crippen LogP contribution in [0, 0.1) is 5.92 Å². The molecule has 0 saturated heterocycles. The normalized spacial score (nSPS) is 14.7. The zero-order valence-corrected chi connectivity index (χ0v) is 8.71. The molecule has 5 N–H and O–H groups in total. The van der Waals surface area contributed by atoms with Gasteiger partial charge in [0.1, 0.15) is 0 Å². The van der Waals surface area contributed by atoms with E-state index in [0.29, 0.717) is 19.0 Å². The summed E-state index contributed by atoms with van der Waals surface area (Å²) >= 11 is 0. The minimum Gasteiger partial charge on any atom is -0.355 e. The molecule has 3 amide bonds. The van der Waals surface area contributed by atoms with Gasteiger partial charge in [-0.1, -0.05) is 0 Å². The Bertz CT molecular complexity index is 228. The van der Waals surface area contributed by atoms with Crippen molar-refractivity contribution in [1.29, 1.82) is 0 Å². The van der Waals surface area contributed by atoms with Gasteiger partial charge in [0.05, 0.1) is 6.54 Å². The van der Waals surface area contributed by atoms with E-state index in [-0.39, 0.29) is 12.5 Å². The number of hydrogen-bond acceptors (Lipinski definition) is 3. The molecule has 1 rings (SSSR count). The van der Waals surface area contributed by atoms with Gasteiger partial charge in [-0.15, -0.1) is 0 Å². The van der Waals surface area contributed by atoms with Gasteiger partial charge in [0.15, 0.2) is 0 Å². The predicted octanol–water partition coefficient (Wildman–Crippen LogP) is -1.23. The molecule has 0 atom stereocenters. The molecule has 0 bridgehead atoms. The maximum atomic E-state index is 11.2. The monoisotopic (exact) mass is 214 g/mol. The van der Waals surface area contributed by atoms with Crippen molar-refractivity contribution in [3.8, 4) is 0 Å². The summed E-state index contributed by atoms with van der Waals surface area (Å²) in [4.78, 5) is 21.5. The number of rotatable bonds is 7. The summed E-state index contributed by atoms with van der Waals surface area (Å²) in [5.74, 6) is 0.700. The number of carbonyl (C=O) groups is 2. The van der Waals surface area contributed by atoms with Gasteiger partial charge in [-0.05, 0) is 18.8 Å². The van der Waals surface area contributed by atoms with Crippen LogP contribution in [0.15, 0.2) is 0 Å². The summed E-state index contributed by atoms with van der Waals surface area (Å²) in [5.41, 5.74) is 4.87. The summed E-state index contributed by atoms with van der Waals surface area (Å²) < 4.78 is 0. The van der Waals surface area contributed by atoms with Gasteiger partial charge in [0.25, 0.3) is 0 Å². The molecule has 6 nitrogen and oxygen atoms in total. The summed E-state index contributed by atoms with van der Waals surface area (Å²) in [6.45, 7) is 2.05. The Kier molecular flexibility index (Phi) is 4.89. The van der Waals surface area contributed by atoms with E-state index >= 15 is 0 Å². The highest BCUT2D eigenvalue weighted by atomic mass is 16.2. The third kappa shape index (κ3) is 6.73. The topological polar surface area (TPSA) is 96.2 Å². The van der Waals surface area contributed by atoms with Crippen LogP contribution >= 0.6 is 0 Å². The SMILES string of the molecule is NC(=O)NCCNCC(=O)NCC1CC1. The van der Waals surface area contributed by atoms with E-state index in [1.54, 1.807) is 0 Å². The van der Waals surface area contributed by atoms with E-state index in [2.05, 4.69) is 16.0 Å². The lowest BCUT2D eigenvalue weighted by molar-refractivity contribution is -0.120. The molecule has 1 fully saturated rings. The Morgan fingerprint density at radius 2 is 1.93 bits per heavy atom. The second kappa shape index (κ2) is 6.23. The van der Waals surface area contributed by atoms with Crippen LogP contribution in [-0.2, 0) is 4.79 Å². The van der Waals surface area contributed by atoms with Crippen LogP contribution in [0.4, 0.5) is 4.79 Å². The standard InChI is InChI=1S/C9H18N4O2/c10-9(15)12-4-3-11-6-8(14)13-5-7-1-2-7/h7,11H,1-6H2,(H,13,14)(H3,10,12,15). The fourth-order valence-electron chi connectivity index (χ4n) is 1.12. The maximum Gasteiger partial charge on any atom is 0.312 e. The molecule has 0 spiro atoms. The molecule has 0 radical (unpaired) electrons. The van der Waals surface area contributed by atoms with Crippen molar-refractivity contribution in [2.75, 3.05) is 26.2 Å². The fraction of sp³-hybridized carbons (Fsp3) is 0.778. The lowest BCUT2D eigenvalue weighted by Gasteiger charge is -2.06. The minimum atomic E-state index is -0.546. The van der Waals surface area contributed by atoms with Gasteiger partial charge in [0.2, 0.25) is 5.91 Å². The number of nitrogens with two attached hydrogens (primary N) is 1. The highest BCUT2D eigenvalue weighted by Gasteiger charge is 2.21. The first-order valence-electron chi connectivity index (χ1n) is 5.19. The highest BCUT2D eigenvalue weighted by molar-refractivity contribution is 5.78. The lowest BCUT2D eigenvalue weighted by Crippen LogP contribution is -2.39. The van der Waals surface area contributed by atoms with Crippen molar-refractivity contribution in [2.24, 2.45) is 11.7 Å². The molecular formula is C9H18N4O2. The van der Waals surface area contributed by atoms with Gasteiger partial charge in [-0.3, -0.25) is 4.79 Å². The zero-order chi connectivity index (χ0) is 11.1. The lowest BCUT2D eigenvalue weighted by atomic mass is 10.4. The number of hydrogen-bond donors (Lipinski definition) is 4. The number of nitrogens with one attached hydrogen (secondary N) is 3. The average molecular weight is 214 g/mol. The molecule has 0 aromatic carbocycles. The van der Waals surface area contributed by atoms with E-state index in [0.717, 1.165) is 6.54 Å². The maximum absolute atomic E-state index is 11.2. The van der Waals surface area contributed by atoms with Gasteiger partial charge in [-0.2, -0.15) is 0 Å². The van der Waals surface area contributed by atoms with Crippen LogP contribution in [0.1, 0.15) is 12.8 Å².